The fourth-order valence-corrected chi connectivity index (χ4v) is 2.32. The Bertz CT molecular complexity index is 725. The number of carbonyl (C=O) groups excluding carboxylic acids is 1. The number of aliphatic hydroxyl groups excluding tert-OH is 1. The Hall–Kier alpha value is -2.34. The second-order valence-electron chi connectivity index (χ2n) is 5.55. The Labute approximate surface area is 128 Å². The number of rotatable bonds is 5. The number of anilines is 1. The second-order valence-corrected chi connectivity index (χ2v) is 5.55. The van der Waals surface area contributed by atoms with Crippen molar-refractivity contribution in [1.29, 1.82) is 0 Å². The average Bonchev–Trinajstić information content (AvgIpc) is 2.47. The lowest BCUT2D eigenvalue weighted by Crippen LogP contribution is -2.50. The Balaban J connectivity index is 2.11. The molecule has 0 unspecified atom stereocenters. The Morgan fingerprint density at radius 2 is 2.09 bits per heavy atom. The van der Waals surface area contributed by atoms with Crippen molar-refractivity contribution in [3.05, 3.63) is 40.8 Å². The molecule has 0 aliphatic carbocycles. The smallest absolute Gasteiger partial charge is 0.336 e. The van der Waals surface area contributed by atoms with Crippen molar-refractivity contribution in [3.63, 3.8) is 0 Å². The van der Waals surface area contributed by atoms with Gasteiger partial charge in [0.05, 0.1) is 12.1 Å². The molecule has 0 radical (unpaired) electrons. The highest BCUT2D eigenvalue weighted by Gasteiger charge is 2.24. The Kier molecular flexibility index (Phi) is 4.82. The highest BCUT2D eigenvalue weighted by Crippen LogP contribution is 2.18. The van der Waals surface area contributed by atoms with Crippen LogP contribution in [0.3, 0.4) is 0 Å². The fraction of sp³-hybridized carbons (Fsp3) is 0.375. The van der Waals surface area contributed by atoms with Crippen LogP contribution in [0.1, 0.15) is 26.7 Å². The monoisotopic (exact) mass is 304 g/mol. The molecule has 0 aliphatic heterocycles. The predicted octanol–water partition coefficient (Wildman–Crippen LogP) is 2.47. The van der Waals surface area contributed by atoms with Crippen LogP contribution in [0.15, 0.2) is 39.5 Å². The molecule has 0 aliphatic rings. The maximum Gasteiger partial charge on any atom is 0.336 e. The lowest BCUT2D eigenvalue weighted by atomic mass is 9.98. The molecule has 0 bridgehead atoms. The van der Waals surface area contributed by atoms with E-state index in [1.54, 1.807) is 31.2 Å². The molecule has 0 saturated heterocycles. The fourth-order valence-electron chi connectivity index (χ4n) is 2.32. The number of benzene rings is 1. The van der Waals surface area contributed by atoms with Gasteiger partial charge in [-0.05, 0) is 37.6 Å². The first-order valence-corrected chi connectivity index (χ1v) is 7.20. The van der Waals surface area contributed by atoms with Gasteiger partial charge in [0, 0.05) is 17.1 Å². The zero-order valence-corrected chi connectivity index (χ0v) is 12.7. The van der Waals surface area contributed by atoms with Crippen LogP contribution in [0.2, 0.25) is 0 Å². The number of amides is 2. The second kappa shape index (κ2) is 6.62. The summed E-state index contributed by atoms with van der Waals surface area (Å²) < 4.78 is 5.03. The largest absolute Gasteiger partial charge is 0.423 e. The van der Waals surface area contributed by atoms with Crippen molar-refractivity contribution in [2.75, 3.05) is 11.9 Å². The minimum atomic E-state index is -0.650. The van der Waals surface area contributed by atoms with Crippen molar-refractivity contribution in [1.82, 2.24) is 5.32 Å². The lowest BCUT2D eigenvalue weighted by Gasteiger charge is -2.28. The summed E-state index contributed by atoms with van der Waals surface area (Å²) in [5, 5.41) is 15.6. The van der Waals surface area contributed by atoms with Crippen LogP contribution in [0.5, 0.6) is 0 Å². The van der Waals surface area contributed by atoms with Gasteiger partial charge in [-0.2, -0.15) is 0 Å². The van der Waals surface area contributed by atoms with Gasteiger partial charge in [0.25, 0.3) is 0 Å². The molecule has 2 rings (SSSR count). The van der Waals surface area contributed by atoms with E-state index >= 15 is 0 Å². The predicted molar refractivity (Wildman–Crippen MR) is 85.0 cm³/mol. The van der Waals surface area contributed by atoms with Gasteiger partial charge in [-0.1, -0.05) is 13.3 Å². The molecule has 0 spiro atoms. The molecule has 2 aromatic rings. The van der Waals surface area contributed by atoms with Crippen molar-refractivity contribution in [2.45, 2.75) is 32.2 Å². The molecule has 2 amide bonds. The summed E-state index contributed by atoms with van der Waals surface area (Å²) in [6.07, 6.45) is 1.53. The third-order valence-corrected chi connectivity index (χ3v) is 3.44. The normalized spacial score (nSPS) is 13.6. The number of carbonyl (C=O) groups is 1. The molecular formula is C16H20N2O4. The summed E-state index contributed by atoms with van der Waals surface area (Å²) in [6.45, 7) is 3.66. The van der Waals surface area contributed by atoms with E-state index in [2.05, 4.69) is 10.6 Å². The van der Waals surface area contributed by atoms with Crippen molar-refractivity contribution in [3.8, 4) is 0 Å². The van der Waals surface area contributed by atoms with Crippen LogP contribution in [0, 0.1) is 0 Å². The van der Waals surface area contributed by atoms with Crippen molar-refractivity contribution in [2.24, 2.45) is 0 Å². The minimum absolute atomic E-state index is 0.128. The van der Waals surface area contributed by atoms with Gasteiger partial charge in [0.1, 0.15) is 5.58 Å². The SMILES string of the molecule is CCC[C@](C)(CO)NC(=O)Nc1ccc2oc(=O)ccc2c1. The van der Waals surface area contributed by atoms with Crippen molar-refractivity contribution < 1.29 is 14.3 Å². The van der Waals surface area contributed by atoms with E-state index in [9.17, 15) is 14.7 Å². The molecule has 0 fully saturated rings. The first-order valence-electron chi connectivity index (χ1n) is 7.20. The van der Waals surface area contributed by atoms with Gasteiger partial charge >= 0.3 is 11.7 Å². The molecule has 1 aromatic heterocycles. The van der Waals surface area contributed by atoms with Crippen molar-refractivity contribution >= 4 is 22.7 Å². The van der Waals surface area contributed by atoms with Crippen LogP contribution < -0.4 is 16.3 Å². The van der Waals surface area contributed by atoms with Gasteiger partial charge in [-0.15, -0.1) is 0 Å². The summed E-state index contributed by atoms with van der Waals surface area (Å²) >= 11 is 0. The minimum Gasteiger partial charge on any atom is -0.423 e. The topological polar surface area (TPSA) is 91.6 Å². The van der Waals surface area contributed by atoms with Crippen LogP contribution >= 0.6 is 0 Å². The van der Waals surface area contributed by atoms with Gasteiger partial charge in [0.2, 0.25) is 0 Å². The Morgan fingerprint density at radius 3 is 2.77 bits per heavy atom. The molecule has 1 heterocycles. The van der Waals surface area contributed by atoms with E-state index < -0.39 is 11.2 Å². The summed E-state index contributed by atoms with van der Waals surface area (Å²) in [7, 11) is 0. The van der Waals surface area contributed by atoms with Crippen LogP contribution in [0.4, 0.5) is 10.5 Å². The lowest BCUT2D eigenvalue weighted by molar-refractivity contribution is 0.167. The average molecular weight is 304 g/mol. The summed E-state index contributed by atoms with van der Waals surface area (Å²) in [5.74, 6) is 0. The van der Waals surface area contributed by atoms with Crippen LogP contribution in [0.25, 0.3) is 11.0 Å². The van der Waals surface area contributed by atoms with E-state index in [1.165, 1.54) is 6.07 Å². The number of nitrogens with one attached hydrogen (secondary N) is 2. The van der Waals surface area contributed by atoms with Gasteiger partial charge < -0.3 is 20.2 Å². The van der Waals surface area contributed by atoms with Crippen LogP contribution in [-0.4, -0.2) is 23.3 Å². The third-order valence-electron chi connectivity index (χ3n) is 3.44. The van der Waals surface area contributed by atoms with Gasteiger partial charge in [0.15, 0.2) is 0 Å². The summed E-state index contributed by atoms with van der Waals surface area (Å²) in [4.78, 5) is 23.2. The maximum atomic E-state index is 12.0. The number of urea groups is 1. The molecule has 6 nitrogen and oxygen atoms in total. The first kappa shape index (κ1) is 16.0. The molecule has 3 N–H and O–H groups in total. The zero-order valence-electron chi connectivity index (χ0n) is 12.7. The zero-order chi connectivity index (χ0) is 16.2. The van der Waals surface area contributed by atoms with E-state index in [0.29, 0.717) is 17.7 Å². The van der Waals surface area contributed by atoms with Gasteiger partial charge in [-0.3, -0.25) is 0 Å². The molecule has 1 aromatic carbocycles. The molecule has 22 heavy (non-hydrogen) atoms. The van der Waals surface area contributed by atoms with E-state index in [4.69, 9.17) is 4.42 Å². The van der Waals surface area contributed by atoms with E-state index in [0.717, 1.165) is 11.8 Å². The van der Waals surface area contributed by atoms with E-state index in [1.807, 2.05) is 6.92 Å². The molecule has 6 heteroatoms. The molecular weight excluding hydrogens is 284 g/mol. The summed E-state index contributed by atoms with van der Waals surface area (Å²) in [5.41, 5.74) is -0.0212. The molecule has 118 valence electrons. The summed E-state index contributed by atoms with van der Waals surface area (Å²) in [6, 6.07) is 7.58. The number of hydrogen-bond donors (Lipinski definition) is 3. The van der Waals surface area contributed by atoms with Crippen LogP contribution in [-0.2, 0) is 0 Å². The highest BCUT2D eigenvalue weighted by molar-refractivity contribution is 5.92. The molecule has 0 saturated carbocycles. The van der Waals surface area contributed by atoms with E-state index in [-0.39, 0.29) is 12.6 Å². The highest BCUT2D eigenvalue weighted by atomic mass is 16.4. The molecule has 1 atom stereocenters. The quantitative estimate of drug-likeness (QED) is 0.740. The third kappa shape index (κ3) is 3.85. The number of fused-ring (bicyclic) bond motifs is 1. The Morgan fingerprint density at radius 1 is 1.32 bits per heavy atom. The first-order chi connectivity index (χ1) is 10.5. The number of aliphatic hydroxyl groups is 1. The number of hydrogen-bond acceptors (Lipinski definition) is 4. The maximum absolute atomic E-state index is 12.0. The standard InChI is InChI=1S/C16H20N2O4/c1-3-8-16(2,10-19)18-15(21)17-12-5-6-13-11(9-12)4-7-14(20)22-13/h4-7,9,19H,3,8,10H2,1-2H3,(H2,17,18,21)/t16-/m1/s1. The van der Waals surface area contributed by atoms with Gasteiger partial charge in [-0.25, -0.2) is 9.59 Å².